The molecule has 0 aliphatic heterocycles. The molecule has 21 heavy (non-hydrogen) atoms. The quantitative estimate of drug-likeness (QED) is 0.695. The highest BCUT2D eigenvalue weighted by molar-refractivity contribution is 7.89. The lowest BCUT2D eigenvalue weighted by Gasteiger charge is -2.25. The molecule has 0 saturated carbocycles. The van der Waals surface area contributed by atoms with Crippen molar-refractivity contribution in [3.63, 3.8) is 0 Å². The molecule has 0 radical (unpaired) electrons. The smallest absolute Gasteiger partial charge is 0.212 e. The van der Waals surface area contributed by atoms with E-state index in [-0.39, 0.29) is 18.9 Å². The zero-order valence-corrected chi connectivity index (χ0v) is 13.4. The van der Waals surface area contributed by atoms with Crippen LogP contribution < -0.4 is 9.46 Å². The van der Waals surface area contributed by atoms with Crippen LogP contribution in [0.25, 0.3) is 0 Å². The molecule has 0 spiro atoms. The summed E-state index contributed by atoms with van der Waals surface area (Å²) in [6.07, 6.45) is 0.384. The van der Waals surface area contributed by atoms with Gasteiger partial charge in [-0.05, 0) is 31.0 Å². The standard InChI is InChI=1S/C14H23NO5S/c1-14(11-16,20-3)10-15-21(17,18)8-7-12-5-4-6-13(9-12)19-2/h4-6,9,15-16H,7-8,10-11H2,1-3H3. The van der Waals surface area contributed by atoms with Gasteiger partial charge in [-0.25, -0.2) is 13.1 Å². The summed E-state index contributed by atoms with van der Waals surface area (Å²) in [4.78, 5) is 0. The van der Waals surface area contributed by atoms with Gasteiger partial charge in [0.15, 0.2) is 0 Å². The molecule has 7 heteroatoms. The van der Waals surface area contributed by atoms with Crippen molar-refractivity contribution >= 4 is 10.0 Å². The number of hydrogen-bond donors (Lipinski definition) is 2. The average molecular weight is 317 g/mol. The van der Waals surface area contributed by atoms with E-state index in [0.29, 0.717) is 12.2 Å². The van der Waals surface area contributed by atoms with Crippen molar-refractivity contribution in [1.29, 1.82) is 0 Å². The molecule has 0 bridgehead atoms. The molecule has 1 atom stereocenters. The number of nitrogens with one attached hydrogen (secondary N) is 1. The largest absolute Gasteiger partial charge is 0.497 e. The Kier molecular flexibility index (Phi) is 6.60. The van der Waals surface area contributed by atoms with Crippen LogP contribution in [-0.4, -0.2) is 52.2 Å². The Labute approximate surface area is 126 Å². The molecule has 1 rings (SSSR count). The molecule has 2 N–H and O–H groups in total. The van der Waals surface area contributed by atoms with Crippen molar-refractivity contribution in [3.8, 4) is 5.75 Å². The van der Waals surface area contributed by atoms with Crippen LogP contribution in [0.5, 0.6) is 5.75 Å². The number of benzene rings is 1. The average Bonchev–Trinajstić information content (AvgIpc) is 2.51. The summed E-state index contributed by atoms with van der Waals surface area (Å²) in [5.74, 6) is 0.663. The molecule has 0 saturated heterocycles. The highest BCUT2D eigenvalue weighted by atomic mass is 32.2. The lowest BCUT2D eigenvalue weighted by molar-refractivity contribution is -0.0325. The molecule has 120 valence electrons. The fourth-order valence-corrected chi connectivity index (χ4v) is 2.78. The predicted molar refractivity (Wildman–Crippen MR) is 81.0 cm³/mol. The molecular weight excluding hydrogens is 294 g/mol. The van der Waals surface area contributed by atoms with Gasteiger partial charge in [0.1, 0.15) is 11.4 Å². The highest BCUT2D eigenvalue weighted by Gasteiger charge is 2.25. The number of sulfonamides is 1. The van der Waals surface area contributed by atoms with E-state index in [9.17, 15) is 13.5 Å². The summed E-state index contributed by atoms with van der Waals surface area (Å²) in [7, 11) is -0.436. The second-order valence-corrected chi connectivity index (χ2v) is 6.98. The van der Waals surface area contributed by atoms with Gasteiger partial charge in [-0.1, -0.05) is 12.1 Å². The zero-order valence-electron chi connectivity index (χ0n) is 12.6. The summed E-state index contributed by atoms with van der Waals surface area (Å²) in [6.45, 7) is 1.40. The Hall–Kier alpha value is -1.15. The maximum atomic E-state index is 12.0. The van der Waals surface area contributed by atoms with E-state index in [2.05, 4.69) is 4.72 Å². The summed E-state index contributed by atoms with van der Waals surface area (Å²) < 4.78 is 36.6. The number of aryl methyl sites for hydroxylation is 1. The number of aliphatic hydroxyl groups excluding tert-OH is 1. The Morgan fingerprint density at radius 3 is 2.62 bits per heavy atom. The number of ether oxygens (including phenoxy) is 2. The molecule has 0 heterocycles. The first-order valence-corrected chi connectivity index (χ1v) is 8.25. The van der Waals surface area contributed by atoms with E-state index in [1.165, 1.54) is 7.11 Å². The molecule has 0 aliphatic carbocycles. The third-order valence-corrected chi connectivity index (χ3v) is 4.61. The van der Waals surface area contributed by atoms with Crippen LogP contribution in [0.1, 0.15) is 12.5 Å². The van der Waals surface area contributed by atoms with E-state index >= 15 is 0 Å². The maximum absolute atomic E-state index is 12.0. The van der Waals surface area contributed by atoms with Crippen molar-refractivity contribution in [1.82, 2.24) is 4.72 Å². The van der Waals surface area contributed by atoms with Gasteiger partial charge in [-0.3, -0.25) is 0 Å². The summed E-state index contributed by atoms with van der Waals surface area (Å²) in [6, 6.07) is 7.29. The van der Waals surface area contributed by atoms with Crippen molar-refractivity contribution < 1.29 is 23.0 Å². The fourth-order valence-electron chi connectivity index (χ4n) is 1.61. The van der Waals surface area contributed by atoms with Gasteiger partial charge in [0.2, 0.25) is 10.0 Å². The minimum absolute atomic E-state index is 0.0282. The topological polar surface area (TPSA) is 84.9 Å². The SMILES string of the molecule is COc1cccc(CCS(=O)(=O)NCC(C)(CO)OC)c1. The predicted octanol–water partition coefficient (Wildman–Crippen LogP) is 0.554. The molecule has 1 unspecified atom stereocenters. The first-order valence-electron chi connectivity index (χ1n) is 6.60. The second kappa shape index (κ2) is 7.74. The van der Waals surface area contributed by atoms with Gasteiger partial charge in [0.25, 0.3) is 0 Å². The molecular formula is C14H23NO5S. The monoisotopic (exact) mass is 317 g/mol. The van der Waals surface area contributed by atoms with Crippen molar-refractivity contribution in [2.75, 3.05) is 33.1 Å². The first-order chi connectivity index (χ1) is 9.84. The van der Waals surface area contributed by atoms with Gasteiger partial charge in [0.05, 0.1) is 19.5 Å². The molecule has 6 nitrogen and oxygen atoms in total. The van der Waals surface area contributed by atoms with E-state index in [4.69, 9.17) is 9.47 Å². The third-order valence-electron chi connectivity index (χ3n) is 3.29. The van der Waals surface area contributed by atoms with Crippen LogP contribution in [-0.2, 0) is 21.2 Å². The molecule has 0 aliphatic rings. The highest BCUT2D eigenvalue weighted by Crippen LogP contribution is 2.13. The van der Waals surface area contributed by atoms with Gasteiger partial charge >= 0.3 is 0 Å². The minimum atomic E-state index is -3.43. The van der Waals surface area contributed by atoms with Gasteiger partial charge < -0.3 is 14.6 Å². The van der Waals surface area contributed by atoms with Gasteiger partial charge in [0, 0.05) is 13.7 Å². The van der Waals surface area contributed by atoms with Gasteiger partial charge in [-0.15, -0.1) is 0 Å². The normalized spacial score (nSPS) is 14.7. The Morgan fingerprint density at radius 1 is 1.33 bits per heavy atom. The zero-order chi connectivity index (χ0) is 15.9. The van der Waals surface area contributed by atoms with E-state index < -0.39 is 15.6 Å². The van der Waals surface area contributed by atoms with Crippen LogP contribution >= 0.6 is 0 Å². The summed E-state index contributed by atoms with van der Waals surface area (Å²) in [5, 5.41) is 9.17. The molecule has 1 aromatic carbocycles. The van der Waals surface area contributed by atoms with Crippen LogP contribution in [0.2, 0.25) is 0 Å². The summed E-state index contributed by atoms with van der Waals surface area (Å²) >= 11 is 0. The number of methoxy groups -OCH3 is 2. The van der Waals surface area contributed by atoms with Crippen LogP contribution in [0.3, 0.4) is 0 Å². The van der Waals surface area contributed by atoms with E-state index in [0.717, 1.165) is 5.56 Å². The third kappa shape index (κ3) is 6.01. The Balaban J connectivity index is 2.56. The number of rotatable bonds is 9. The second-order valence-electron chi connectivity index (χ2n) is 5.05. The lowest BCUT2D eigenvalue weighted by atomic mass is 10.1. The van der Waals surface area contributed by atoms with Crippen LogP contribution in [0.4, 0.5) is 0 Å². The molecule has 0 fully saturated rings. The molecule has 0 aromatic heterocycles. The number of aliphatic hydroxyl groups is 1. The van der Waals surface area contributed by atoms with Crippen molar-refractivity contribution in [2.24, 2.45) is 0 Å². The maximum Gasteiger partial charge on any atom is 0.212 e. The lowest BCUT2D eigenvalue weighted by Crippen LogP contribution is -2.45. The van der Waals surface area contributed by atoms with Crippen molar-refractivity contribution in [3.05, 3.63) is 29.8 Å². The molecule has 0 amide bonds. The Bertz CT molecular complexity index is 540. The van der Waals surface area contributed by atoms with Crippen LogP contribution in [0.15, 0.2) is 24.3 Å². The molecule has 1 aromatic rings. The van der Waals surface area contributed by atoms with Gasteiger partial charge in [-0.2, -0.15) is 0 Å². The van der Waals surface area contributed by atoms with Crippen LogP contribution in [0, 0.1) is 0 Å². The Morgan fingerprint density at radius 2 is 2.05 bits per heavy atom. The fraction of sp³-hybridized carbons (Fsp3) is 0.571. The van der Waals surface area contributed by atoms with E-state index in [1.54, 1.807) is 14.0 Å². The minimum Gasteiger partial charge on any atom is -0.497 e. The van der Waals surface area contributed by atoms with Crippen molar-refractivity contribution in [2.45, 2.75) is 18.9 Å². The number of hydrogen-bond acceptors (Lipinski definition) is 5. The summed E-state index contributed by atoms with van der Waals surface area (Å²) in [5.41, 5.74) is -0.0281. The van der Waals surface area contributed by atoms with E-state index in [1.807, 2.05) is 24.3 Å². The first kappa shape index (κ1) is 17.9.